The molecule has 1 aromatic heterocycles. The van der Waals surface area contributed by atoms with Crippen molar-refractivity contribution in [2.75, 3.05) is 40.4 Å². The fourth-order valence-electron chi connectivity index (χ4n) is 4.44. The van der Waals surface area contributed by atoms with Crippen molar-refractivity contribution in [2.24, 2.45) is 5.92 Å². The lowest BCUT2D eigenvalue weighted by Gasteiger charge is -2.25. The molecule has 0 radical (unpaired) electrons. The topological polar surface area (TPSA) is 92.3 Å². The van der Waals surface area contributed by atoms with Crippen LogP contribution in [0.1, 0.15) is 17.7 Å². The number of benzene rings is 1. The maximum atomic E-state index is 13.3. The molecular weight excluding hydrogens is 436 g/mol. The summed E-state index contributed by atoms with van der Waals surface area (Å²) in [6.45, 7) is 1.79. The van der Waals surface area contributed by atoms with Gasteiger partial charge in [-0.3, -0.25) is 19.4 Å². The van der Waals surface area contributed by atoms with Crippen molar-refractivity contribution >= 4 is 17.7 Å². The zero-order valence-electron chi connectivity index (χ0n) is 19.6. The molecule has 0 N–H and O–H groups in total. The van der Waals surface area contributed by atoms with Gasteiger partial charge in [-0.25, -0.2) is 0 Å². The van der Waals surface area contributed by atoms with E-state index in [-0.39, 0.29) is 36.8 Å². The number of nitrogens with zero attached hydrogens (tertiary/aromatic N) is 4. The number of rotatable bonds is 7. The summed E-state index contributed by atoms with van der Waals surface area (Å²) in [6.07, 6.45) is 1.52. The fraction of sp³-hybridized carbons (Fsp3) is 0.440. The Morgan fingerprint density at radius 2 is 1.74 bits per heavy atom. The van der Waals surface area contributed by atoms with Gasteiger partial charge in [-0.2, -0.15) is 0 Å². The first-order valence-corrected chi connectivity index (χ1v) is 11.4. The summed E-state index contributed by atoms with van der Waals surface area (Å²) in [7, 11) is 3.19. The van der Waals surface area contributed by atoms with Gasteiger partial charge in [-0.15, -0.1) is 0 Å². The van der Waals surface area contributed by atoms with Crippen molar-refractivity contribution in [2.45, 2.75) is 25.6 Å². The number of hydrogen-bond donors (Lipinski definition) is 0. The average Bonchev–Trinajstić information content (AvgIpc) is 3.14. The molecular formula is C25H30N4O5. The quantitative estimate of drug-likeness (QED) is 0.611. The van der Waals surface area contributed by atoms with Gasteiger partial charge in [0, 0.05) is 45.9 Å². The molecule has 4 rings (SSSR count). The number of carbonyl (C=O) groups excluding carboxylic acids is 3. The highest BCUT2D eigenvalue weighted by Crippen LogP contribution is 2.23. The molecule has 3 heterocycles. The third kappa shape index (κ3) is 5.53. The van der Waals surface area contributed by atoms with Crippen molar-refractivity contribution in [1.29, 1.82) is 0 Å². The second kappa shape index (κ2) is 10.6. The minimum atomic E-state index is -0.477. The van der Waals surface area contributed by atoms with Crippen LogP contribution in [0.15, 0.2) is 48.7 Å². The zero-order valence-corrected chi connectivity index (χ0v) is 19.6. The molecule has 2 aliphatic heterocycles. The molecule has 180 valence electrons. The molecule has 0 aliphatic carbocycles. The van der Waals surface area contributed by atoms with Crippen LogP contribution in [0.25, 0.3) is 0 Å². The summed E-state index contributed by atoms with van der Waals surface area (Å²) in [6, 6.07) is 13.1. The van der Waals surface area contributed by atoms with Crippen LogP contribution in [0.3, 0.4) is 0 Å². The molecule has 2 fully saturated rings. The Labute approximate surface area is 199 Å². The van der Waals surface area contributed by atoms with Crippen molar-refractivity contribution in [3.8, 4) is 5.75 Å². The molecule has 0 saturated carbocycles. The number of ether oxygens (including phenoxy) is 2. The largest absolute Gasteiger partial charge is 0.497 e. The SMILES string of the molecule is COc1ccc(CN2C[C@H](OC)CN(C(=O)[C@H]3CC(=O)N(Cc4ccccn4)C3)CC2=O)cc1. The van der Waals surface area contributed by atoms with Crippen LogP contribution in [0.5, 0.6) is 5.75 Å². The van der Waals surface area contributed by atoms with Gasteiger partial charge < -0.3 is 24.2 Å². The van der Waals surface area contributed by atoms with Crippen LogP contribution >= 0.6 is 0 Å². The molecule has 2 aliphatic rings. The van der Waals surface area contributed by atoms with E-state index in [4.69, 9.17) is 9.47 Å². The molecule has 9 nitrogen and oxygen atoms in total. The minimum absolute atomic E-state index is 0.0280. The Morgan fingerprint density at radius 1 is 0.971 bits per heavy atom. The van der Waals surface area contributed by atoms with Gasteiger partial charge in [0.05, 0.1) is 37.9 Å². The van der Waals surface area contributed by atoms with Crippen LogP contribution in [-0.2, 0) is 32.2 Å². The highest BCUT2D eigenvalue weighted by Gasteiger charge is 2.39. The van der Waals surface area contributed by atoms with Gasteiger partial charge in [-0.1, -0.05) is 18.2 Å². The van der Waals surface area contributed by atoms with Gasteiger partial charge in [0.1, 0.15) is 5.75 Å². The van der Waals surface area contributed by atoms with E-state index in [0.29, 0.717) is 32.7 Å². The lowest BCUT2D eigenvalue weighted by molar-refractivity contribution is -0.141. The number of methoxy groups -OCH3 is 2. The van der Waals surface area contributed by atoms with Gasteiger partial charge in [0.2, 0.25) is 17.7 Å². The first-order chi connectivity index (χ1) is 16.5. The van der Waals surface area contributed by atoms with E-state index in [1.54, 1.807) is 35.1 Å². The van der Waals surface area contributed by atoms with Crippen LogP contribution in [-0.4, -0.2) is 83.9 Å². The molecule has 1 aromatic carbocycles. The average molecular weight is 467 g/mol. The van der Waals surface area contributed by atoms with Crippen LogP contribution in [0.4, 0.5) is 0 Å². The molecule has 0 spiro atoms. The third-order valence-electron chi connectivity index (χ3n) is 6.35. The molecule has 34 heavy (non-hydrogen) atoms. The fourth-order valence-corrected chi connectivity index (χ4v) is 4.44. The monoisotopic (exact) mass is 466 g/mol. The Morgan fingerprint density at radius 3 is 2.41 bits per heavy atom. The summed E-state index contributed by atoms with van der Waals surface area (Å²) < 4.78 is 10.8. The van der Waals surface area contributed by atoms with E-state index in [0.717, 1.165) is 17.0 Å². The lowest BCUT2D eigenvalue weighted by atomic mass is 10.1. The first-order valence-electron chi connectivity index (χ1n) is 11.4. The third-order valence-corrected chi connectivity index (χ3v) is 6.35. The second-order valence-corrected chi connectivity index (χ2v) is 8.70. The molecule has 0 bridgehead atoms. The molecule has 0 unspecified atom stereocenters. The molecule has 2 saturated heterocycles. The summed E-state index contributed by atoms with van der Waals surface area (Å²) in [5, 5.41) is 0. The Kier molecular flexibility index (Phi) is 7.42. The smallest absolute Gasteiger partial charge is 0.242 e. The standard InChI is InChI=1S/C25H30N4O5/c1-33-21-8-6-18(7-9-21)12-27-15-22(34-2)16-29(17-24(27)31)25(32)19-11-23(30)28(13-19)14-20-5-3-4-10-26-20/h3-10,19,22H,11-17H2,1-2H3/t19-,22-/m0/s1. The number of amides is 3. The maximum absolute atomic E-state index is 13.3. The Balaban J connectivity index is 1.41. The normalized spacial score (nSPS) is 21.1. The Bertz CT molecular complexity index is 1010. The van der Waals surface area contributed by atoms with E-state index in [2.05, 4.69) is 4.98 Å². The van der Waals surface area contributed by atoms with Gasteiger partial charge in [0.15, 0.2) is 0 Å². The number of aromatic nitrogens is 1. The van der Waals surface area contributed by atoms with Crippen molar-refractivity contribution < 1.29 is 23.9 Å². The first kappa shape index (κ1) is 23.7. The predicted molar refractivity (Wildman–Crippen MR) is 124 cm³/mol. The molecule has 2 aromatic rings. The van der Waals surface area contributed by atoms with Gasteiger partial charge in [-0.05, 0) is 29.8 Å². The number of hydrogen-bond acceptors (Lipinski definition) is 6. The summed E-state index contributed by atoms with van der Waals surface area (Å²) in [4.78, 5) is 48.1. The lowest BCUT2D eigenvalue weighted by Crippen LogP contribution is -2.43. The molecule has 3 amide bonds. The zero-order chi connectivity index (χ0) is 24.1. The second-order valence-electron chi connectivity index (χ2n) is 8.70. The highest BCUT2D eigenvalue weighted by atomic mass is 16.5. The van der Waals surface area contributed by atoms with E-state index in [1.165, 1.54) is 0 Å². The van der Waals surface area contributed by atoms with Crippen molar-refractivity contribution in [1.82, 2.24) is 19.7 Å². The van der Waals surface area contributed by atoms with Crippen molar-refractivity contribution in [3.05, 3.63) is 59.9 Å². The van der Waals surface area contributed by atoms with E-state index in [9.17, 15) is 14.4 Å². The number of carbonyl (C=O) groups is 3. The molecule has 9 heteroatoms. The number of likely N-dealkylation sites (tertiary alicyclic amines) is 1. The van der Waals surface area contributed by atoms with E-state index < -0.39 is 5.92 Å². The van der Waals surface area contributed by atoms with Crippen LogP contribution in [0, 0.1) is 5.92 Å². The van der Waals surface area contributed by atoms with E-state index in [1.807, 2.05) is 42.5 Å². The predicted octanol–water partition coefficient (Wildman–Crippen LogP) is 1.32. The van der Waals surface area contributed by atoms with Crippen LogP contribution < -0.4 is 4.74 Å². The summed E-state index contributed by atoms with van der Waals surface area (Å²) in [5.41, 5.74) is 1.75. The van der Waals surface area contributed by atoms with Gasteiger partial charge in [0.25, 0.3) is 0 Å². The minimum Gasteiger partial charge on any atom is -0.497 e. The molecule has 2 atom stereocenters. The maximum Gasteiger partial charge on any atom is 0.242 e. The van der Waals surface area contributed by atoms with Crippen molar-refractivity contribution in [3.63, 3.8) is 0 Å². The highest BCUT2D eigenvalue weighted by molar-refractivity contribution is 5.91. The van der Waals surface area contributed by atoms with Crippen LogP contribution in [0.2, 0.25) is 0 Å². The number of pyridine rings is 1. The van der Waals surface area contributed by atoms with Gasteiger partial charge >= 0.3 is 0 Å². The summed E-state index contributed by atoms with van der Waals surface area (Å²) >= 11 is 0. The Hall–Kier alpha value is -3.46. The van der Waals surface area contributed by atoms with E-state index >= 15 is 0 Å². The summed E-state index contributed by atoms with van der Waals surface area (Å²) in [5.74, 6) is -0.123.